The summed E-state index contributed by atoms with van der Waals surface area (Å²) in [4.78, 5) is 1.50. The molecule has 2 rings (SSSR count). The third-order valence-corrected chi connectivity index (χ3v) is 4.47. The van der Waals surface area contributed by atoms with Crippen molar-refractivity contribution in [3.8, 4) is 0 Å². The number of hydrogen-bond donors (Lipinski definition) is 0. The Bertz CT molecular complexity index is 339. The van der Waals surface area contributed by atoms with Gasteiger partial charge in [0.1, 0.15) is 0 Å². The summed E-state index contributed by atoms with van der Waals surface area (Å²) in [5, 5.41) is 0. The van der Waals surface area contributed by atoms with Crippen LogP contribution in [0.15, 0.2) is 23.1 Å². The van der Waals surface area contributed by atoms with Crippen molar-refractivity contribution in [3.05, 3.63) is 29.3 Å². The van der Waals surface area contributed by atoms with Crippen LogP contribution < -0.4 is 0 Å². The smallest absolute Gasteiger partial charge is 0.0105 e. The summed E-state index contributed by atoms with van der Waals surface area (Å²) in [6.45, 7) is 6.93. The molecule has 76 valence electrons. The number of rotatable bonds is 2. The minimum Gasteiger partial charge on any atom is -0.126 e. The molecule has 0 saturated carbocycles. The van der Waals surface area contributed by atoms with Gasteiger partial charge in [-0.2, -0.15) is 0 Å². The monoisotopic (exact) mass is 206 g/mol. The highest BCUT2D eigenvalue weighted by atomic mass is 32.2. The molecule has 0 amide bonds. The predicted molar refractivity (Wildman–Crippen MR) is 64.2 cm³/mol. The molecule has 1 aliphatic heterocycles. The number of fused-ring (bicyclic) bond motifs is 1. The van der Waals surface area contributed by atoms with Crippen molar-refractivity contribution in [2.24, 2.45) is 0 Å². The first-order valence-corrected chi connectivity index (χ1v) is 6.38. The standard InChI is InChI=1S/C13H18S/c1-4-13(2,3)11-5-6-12-10(9-11)7-8-14-12/h5-6,9H,4,7-8H2,1-3H3. The molecule has 1 aromatic rings. The molecule has 1 heterocycles. The molecule has 0 N–H and O–H groups in total. The molecule has 1 aliphatic rings. The van der Waals surface area contributed by atoms with Crippen molar-refractivity contribution in [2.45, 2.75) is 43.9 Å². The SMILES string of the molecule is CCC(C)(C)c1ccc2c(c1)CCS2. The Kier molecular flexibility index (Phi) is 2.61. The minimum atomic E-state index is 0.336. The molecule has 0 aliphatic carbocycles. The van der Waals surface area contributed by atoms with E-state index in [1.807, 2.05) is 11.8 Å². The van der Waals surface area contributed by atoms with Gasteiger partial charge in [-0.3, -0.25) is 0 Å². The van der Waals surface area contributed by atoms with Gasteiger partial charge in [-0.15, -0.1) is 11.8 Å². The number of benzene rings is 1. The first-order chi connectivity index (χ1) is 6.63. The van der Waals surface area contributed by atoms with Crippen molar-refractivity contribution < 1.29 is 0 Å². The zero-order valence-electron chi connectivity index (χ0n) is 9.26. The molecule has 0 fully saturated rings. The van der Waals surface area contributed by atoms with Crippen molar-refractivity contribution in [2.75, 3.05) is 5.75 Å². The number of aryl methyl sites for hydroxylation is 1. The summed E-state index contributed by atoms with van der Waals surface area (Å²) >= 11 is 1.99. The van der Waals surface area contributed by atoms with Gasteiger partial charge in [0, 0.05) is 10.6 Å². The van der Waals surface area contributed by atoms with Gasteiger partial charge in [0.05, 0.1) is 0 Å². The summed E-state index contributed by atoms with van der Waals surface area (Å²) in [5.41, 5.74) is 3.40. The fourth-order valence-corrected chi connectivity index (χ4v) is 2.86. The molecule has 0 nitrogen and oxygen atoms in total. The number of hydrogen-bond acceptors (Lipinski definition) is 1. The first kappa shape index (κ1) is 10.1. The van der Waals surface area contributed by atoms with Crippen LogP contribution in [0.1, 0.15) is 38.3 Å². The summed E-state index contributed by atoms with van der Waals surface area (Å²) in [5.74, 6) is 1.27. The molecule has 0 saturated heterocycles. The summed E-state index contributed by atoms with van der Waals surface area (Å²) < 4.78 is 0. The van der Waals surface area contributed by atoms with Crippen LogP contribution in [0.2, 0.25) is 0 Å². The van der Waals surface area contributed by atoms with Crippen LogP contribution in [0.4, 0.5) is 0 Å². The zero-order chi connectivity index (χ0) is 10.2. The summed E-state index contributed by atoms with van der Waals surface area (Å²) in [7, 11) is 0. The van der Waals surface area contributed by atoms with E-state index in [2.05, 4.69) is 39.0 Å². The largest absolute Gasteiger partial charge is 0.126 e. The average molecular weight is 206 g/mol. The average Bonchev–Trinajstić information content (AvgIpc) is 2.64. The molecule has 0 atom stereocenters. The second-order valence-electron chi connectivity index (χ2n) is 4.66. The Morgan fingerprint density at radius 2 is 2.14 bits per heavy atom. The van der Waals surface area contributed by atoms with E-state index in [0.717, 1.165) is 0 Å². The van der Waals surface area contributed by atoms with E-state index < -0.39 is 0 Å². The third-order valence-electron chi connectivity index (χ3n) is 3.35. The van der Waals surface area contributed by atoms with Crippen LogP contribution in [-0.4, -0.2) is 5.75 Å². The first-order valence-electron chi connectivity index (χ1n) is 5.40. The maximum absolute atomic E-state index is 2.42. The molecule has 14 heavy (non-hydrogen) atoms. The lowest BCUT2D eigenvalue weighted by atomic mass is 9.81. The molecule has 0 aromatic heterocycles. The third kappa shape index (κ3) is 1.70. The van der Waals surface area contributed by atoms with E-state index in [4.69, 9.17) is 0 Å². The molecule has 0 unspecified atom stereocenters. The van der Waals surface area contributed by atoms with Crippen LogP contribution in [0, 0.1) is 0 Å². The molecular formula is C13H18S. The maximum atomic E-state index is 2.42. The van der Waals surface area contributed by atoms with E-state index in [0.29, 0.717) is 5.41 Å². The van der Waals surface area contributed by atoms with Crippen molar-refractivity contribution >= 4 is 11.8 Å². The van der Waals surface area contributed by atoms with Crippen LogP contribution in [0.5, 0.6) is 0 Å². The van der Waals surface area contributed by atoms with Crippen LogP contribution in [-0.2, 0) is 11.8 Å². The van der Waals surface area contributed by atoms with Gasteiger partial charge in [0.25, 0.3) is 0 Å². The summed E-state index contributed by atoms with van der Waals surface area (Å²) in [6, 6.07) is 7.03. The highest BCUT2D eigenvalue weighted by Crippen LogP contribution is 2.35. The lowest BCUT2D eigenvalue weighted by Gasteiger charge is -2.23. The topological polar surface area (TPSA) is 0 Å². The van der Waals surface area contributed by atoms with Gasteiger partial charge in [-0.25, -0.2) is 0 Å². The van der Waals surface area contributed by atoms with Gasteiger partial charge in [-0.1, -0.05) is 32.9 Å². The Balaban J connectivity index is 2.38. The minimum absolute atomic E-state index is 0.336. The lowest BCUT2D eigenvalue weighted by molar-refractivity contribution is 0.505. The molecule has 0 radical (unpaired) electrons. The molecule has 1 aromatic carbocycles. The Labute approximate surface area is 91.1 Å². The van der Waals surface area contributed by atoms with Crippen LogP contribution in [0.3, 0.4) is 0 Å². The molecule has 0 spiro atoms. The number of thioether (sulfide) groups is 1. The maximum Gasteiger partial charge on any atom is 0.0105 e. The van der Waals surface area contributed by atoms with Gasteiger partial charge < -0.3 is 0 Å². The Hall–Kier alpha value is -0.430. The molecular weight excluding hydrogens is 188 g/mol. The lowest BCUT2D eigenvalue weighted by Crippen LogP contribution is -2.15. The highest BCUT2D eigenvalue weighted by molar-refractivity contribution is 7.99. The van der Waals surface area contributed by atoms with Crippen molar-refractivity contribution in [3.63, 3.8) is 0 Å². The Morgan fingerprint density at radius 3 is 2.86 bits per heavy atom. The van der Waals surface area contributed by atoms with Crippen LogP contribution >= 0.6 is 11.8 Å². The second kappa shape index (κ2) is 3.62. The van der Waals surface area contributed by atoms with Gasteiger partial charge in [0.2, 0.25) is 0 Å². The second-order valence-corrected chi connectivity index (χ2v) is 5.80. The van der Waals surface area contributed by atoms with E-state index in [1.54, 1.807) is 5.56 Å². The van der Waals surface area contributed by atoms with Gasteiger partial charge >= 0.3 is 0 Å². The normalized spacial score (nSPS) is 15.6. The van der Waals surface area contributed by atoms with E-state index in [1.165, 1.54) is 29.1 Å². The summed E-state index contributed by atoms with van der Waals surface area (Å²) in [6.07, 6.45) is 2.46. The van der Waals surface area contributed by atoms with Gasteiger partial charge in [-0.05, 0) is 35.4 Å². The zero-order valence-corrected chi connectivity index (χ0v) is 10.1. The van der Waals surface area contributed by atoms with E-state index in [-0.39, 0.29) is 0 Å². The van der Waals surface area contributed by atoms with E-state index >= 15 is 0 Å². The molecule has 0 bridgehead atoms. The van der Waals surface area contributed by atoms with Crippen molar-refractivity contribution in [1.82, 2.24) is 0 Å². The quantitative estimate of drug-likeness (QED) is 0.704. The fraction of sp³-hybridized carbons (Fsp3) is 0.538. The van der Waals surface area contributed by atoms with E-state index in [9.17, 15) is 0 Å². The predicted octanol–water partition coefficient (Wildman–Crippen LogP) is 4.02. The Morgan fingerprint density at radius 1 is 1.36 bits per heavy atom. The van der Waals surface area contributed by atoms with Gasteiger partial charge in [0.15, 0.2) is 0 Å². The fourth-order valence-electron chi connectivity index (χ4n) is 1.81. The molecule has 1 heteroatoms. The highest BCUT2D eigenvalue weighted by Gasteiger charge is 2.20. The van der Waals surface area contributed by atoms with Crippen molar-refractivity contribution in [1.29, 1.82) is 0 Å². The van der Waals surface area contributed by atoms with Crippen LogP contribution in [0.25, 0.3) is 0 Å².